The first-order valence-electron chi connectivity index (χ1n) is 9.23. The van der Waals surface area contributed by atoms with Crippen LogP contribution in [0, 0.1) is 0 Å². The van der Waals surface area contributed by atoms with E-state index in [0.29, 0.717) is 19.5 Å². The topological polar surface area (TPSA) is 40.6 Å². The number of benzene rings is 2. The summed E-state index contributed by atoms with van der Waals surface area (Å²) in [6, 6.07) is 17.8. The Labute approximate surface area is 155 Å². The first-order valence-corrected chi connectivity index (χ1v) is 9.23. The standard InChI is InChI=1S/C22H26N2O2/c1-4-24(5-2)20(25)16-22(15-17-11-7-6-8-12-17)18-13-9-10-14-19(18)23(3)21(22)26/h6-14H,4-5,15-16H2,1-3H3/t22-/m0/s1. The lowest BCUT2D eigenvalue weighted by Crippen LogP contribution is -2.45. The van der Waals surface area contributed by atoms with Gasteiger partial charge in [-0.1, -0.05) is 48.5 Å². The fourth-order valence-electron chi connectivity index (χ4n) is 4.01. The second-order valence-corrected chi connectivity index (χ2v) is 6.87. The van der Waals surface area contributed by atoms with E-state index in [1.54, 1.807) is 16.8 Å². The number of fused-ring (bicyclic) bond motifs is 1. The summed E-state index contributed by atoms with van der Waals surface area (Å²) in [6.07, 6.45) is 0.727. The van der Waals surface area contributed by atoms with Crippen LogP contribution in [0.5, 0.6) is 0 Å². The lowest BCUT2D eigenvalue weighted by Gasteiger charge is -2.30. The third-order valence-corrected chi connectivity index (χ3v) is 5.41. The molecule has 0 N–H and O–H groups in total. The molecule has 4 heteroatoms. The summed E-state index contributed by atoms with van der Waals surface area (Å²) in [5.41, 5.74) is 2.09. The number of carbonyl (C=O) groups excluding carboxylic acids is 2. The van der Waals surface area contributed by atoms with Crippen LogP contribution in [-0.2, 0) is 21.4 Å². The molecule has 0 spiro atoms. The van der Waals surface area contributed by atoms with Crippen molar-refractivity contribution in [2.75, 3.05) is 25.0 Å². The summed E-state index contributed by atoms with van der Waals surface area (Å²) in [6.45, 7) is 5.26. The second-order valence-electron chi connectivity index (χ2n) is 6.87. The number of rotatable bonds is 6. The average Bonchev–Trinajstić information content (AvgIpc) is 2.86. The van der Waals surface area contributed by atoms with Crippen molar-refractivity contribution in [2.24, 2.45) is 0 Å². The molecule has 1 atom stereocenters. The van der Waals surface area contributed by atoms with E-state index in [1.165, 1.54) is 0 Å². The van der Waals surface area contributed by atoms with Gasteiger partial charge in [0.25, 0.3) is 0 Å². The normalized spacial score (nSPS) is 18.7. The van der Waals surface area contributed by atoms with Crippen LogP contribution in [0.25, 0.3) is 0 Å². The van der Waals surface area contributed by atoms with Crippen molar-refractivity contribution in [2.45, 2.75) is 32.1 Å². The minimum atomic E-state index is -0.841. The van der Waals surface area contributed by atoms with Gasteiger partial charge in [0.1, 0.15) is 0 Å². The fourth-order valence-corrected chi connectivity index (χ4v) is 4.01. The number of likely N-dealkylation sites (N-methyl/N-ethyl adjacent to an activating group) is 1. The SMILES string of the molecule is CCN(CC)C(=O)C[C@]1(Cc2ccccc2)C(=O)N(C)c2ccccc21. The highest BCUT2D eigenvalue weighted by molar-refractivity contribution is 6.09. The molecule has 136 valence electrons. The van der Waals surface area contributed by atoms with Crippen LogP contribution in [-0.4, -0.2) is 36.9 Å². The minimum Gasteiger partial charge on any atom is -0.343 e. The van der Waals surface area contributed by atoms with E-state index in [0.717, 1.165) is 16.8 Å². The highest BCUT2D eigenvalue weighted by Crippen LogP contribution is 2.45. The highest BCUT2D eigenvalue weighted by atomic mass is 16.2. The van der Waals surface area contributed by atoms with Gasteiger partial charge in [-0.3, -0.25) is 9.59 Å². The summed E-state index contributed by atoms with van der Waals surface area (Å²) in [5.74, 6) is 0.0347. The van der Waals surface area contributed by atoms with Gasteiger partial charge in [0.2, 0.25) is 11.8 Å². The van der Waals surface area contributed by atoms with Crippen LogP contribution in [0.3, 0.4) is 0 Å². The van der Waals surface area contributed by atoms with Gasteiger partial charge >= 0.3 is 0 Å². The third-order valence-electron chi connectivity index (χ3n) is 5.41. The van der Waals surface area contributed by atoms with Gasteiger partial charge < -0.3 is 9.80 Å². The molecule has 2 aromatic carbocycles. The Balaban J connectivity index is 2.08. The molecule has 2 amide bonds. The Morgan fingerprint density at radius 1 is 1.00 bits per heavy atom. The first kappa shape index (κ1) is 18.2. The predicted molar refractivity (Wildman–Crippen MR) is 104 cm³/mol. The molecular weight excluding hydrogens is 324 g/mol. The molecule has 0 unspecified atom stereocenters. The van der Waals surface area contributed by atoms with Gasteiger partial charge in [0, 0.05) is 32.2 Å². The van der Waals surface area contributed by atoms with E-state index in [2.05, 4.69) is 0 Å². The van der Waals surface area contributed by atoms with Gasteiger partial charge in [-0.2, -0.15) is 0 Å². The van der Waals surface area contributed by atoms with E-state index >= 15 is 0 Å². The number of hydrogen-bond acceptors (Lipinski definition) is 2. The van der Waals surface area contributed by atoms with Gasteiger partial charge in [-0.25, -0.2) is 0 Å². The smallest absolute Gasteiger partial charge is 0.238 e. The van der Waals surface area contributed by atoms with Crippen LogP contribution >= 0.6 is 0 Å². The molecule has 0 radical (unpaired) electrons. The van der Waals surface area contributed by atoms with Crippen molar-refractivity contribution >= 4 is 17.5 Å². The van der Waals surface area contributed by atoms with Crippen molar-refractivity contribution in [3.63, 3.8) is 0 Å². The summed E-state index contributed by atoms with van der Waals surface area (Å²) in [4.78, 5) is 29.9. The van der Waals surface area contributed by atoms with Gasteiger partial charge in [0.15, 0.2) is 0 Å². The maximum atomic E-state index is 13.4. The molecule has 2 aromatic rings. The van der Waals surface area contributed by atoms with Crippen LogP contribution in [0.4, 0.5) is 5.69 Å². The number of para-hydroxylation sites is 1. The van der Waals surface area contributed by atoms with Gasteiger partial charge in [-0.15, -0.1) is 0 Å². The van der Waals surface area contributed by atoms with Crippen molar-refractivity contribution in [1.82, 2.24) is 4.90 Å². The number of carbonyl (C=O) groups is 2. The second kappa shape index (κ2) is 7.32. The van der Waals surface area contributed by atoms with Crippen molar-refractivity contribution < 1.29 is 9.59 Å². The van der Waals surface area contributed by atoms with Crippen LogP contribution in [0.15, 0.2) is 54.6 Å². The lowest BCUT2D eigenvalue weighted by molar-refractivity contribution is -0.136. The van der Waals surface area contributed by atoms with Crippen LogP contribution in [0.2, 0.25) is 0 Å². The zero-order chi connectivity index (χ0) is 18.7. The zero-order valence-corrected chi connectivity index (χ0v) is 15.7. The molecule has 26 heavy (non-hydrogen) atoms. The molecule has 0 saturated heterocycles. The molecule has 0 bridgehead atoms. The Morgan fingerprint density at radius 2 is 1.62 bits per heavy atom. The molecule has 0 aromatic heterocycles. The summed E-state index contributed by atoms with van der Waals surface area (Å²) in [5, 5.41) is 0. The predicted octanol–water partition coefficient (Wildman–Crippen LogP) is 3.40. The highest BCUT2D eigenvalue weighted by Gasteiger charge is 2.51. The molecule has 0 saturated carbocycles. The molecular formula is C22H26N2O2. The third kappa shape index (κ3) is 3.00. The Bertz CT molecular complexity index is 799. The van der Waals surface area contributed by atoms with Gasteiger partial charge in [0.05, 0.1) is 5.41 Å². The number of amides is 2. The Kier molecular flexibility index (Phi) is 5.12. The summed E-state index contributed by atoms with van der Waals surface area (Å²) >= 11 is 0. The maximum absolute atomic E-state index is 13.4. The van der Waals surface area contributed by atoms with E-state index < -0.39 is 5.41 Å². The quantitative estimate of drug-likeness (QED) is 0.801. The molecule has 3 rings (SSSR count). The number of hydrogen-bond donors (Lipinski definition) is 0. The number of nitrogens with zero attached hydrogens (tertiary/aromatic N) is 2. The maximum Gasteiger partial charge on any atom is 0.238 e. The van der Waals surface area contributed by atoms with Crippen LogP contribution in [0.1, 0.15) is 31.4 Å². The molecule has 0 aliphatic carbocycles. The minimum absolute atomic E-state index is 0.00283. The molecule has 1 heterocycles. The van der Waals surface area contributed by atoms with Crippen molar-refractivity contribution in [3.8, 4) is 0 Å². The molecule has 1 aliphatic rings. The van der Waals surface area contributed by atoms with E-state index in [4.69, 9.17) is 0 Å². The van der Waals surface area contributed by atoms with E-state index in [-0.39, 0.29) is 18.2 Å². The van der Waals surface area contributed by atoms with E-state index in [9.17, 15) is 9.59 Å². The molecule has 1 aliphatic heterocycles. The molecule has 4 nitrogen and oxygen atoms in total. The Morgan fingerprint density at radius 3 is 2.27 bits per heavy atom. The summed E-state index contributed by atoms with van der Waals surface area (Å²) < 4.78 is 0. The summed E-state index contributed by atoms with van der Waals surface area (Å²) in [7, 11) is 1.80. The van der Waals surface area contributed by atoms with Gasteiger partial charge in [-0.05, 0) is 37.5 Å². The molecule has 0 fully saturated rings. The average molecular weight is 350 g/mol. The van der Waals surface area contributed by atoms with Crippen LogP contribution < -0.4 is 4.90 Å². The van der Waals surface area contributed by atoms with Crippen molar-refractivity contribution in [1.29, 1.82) is 0 Å². The number of anilines is 1. The zero-order valence-electron chi connectivity index (χ0n) is 15.7. The van der Waals surface area contributed by atoms with Crippen molar-refractivity contribution in [3.05, 3.63) is 65.7 Å². The fraction of sp³-hybridized carbons (Fsp3) is 0.364. The monoisotopic (exact) mass is 350 g/mol. The first-order chi connectivity index (χ1) is 12.5. The van der Waals surface area contributed by atoms with E-state index in [1.807, 2.05) is 68.4 Å². The lowest BCUT2D eigenvalue weighted by atomic mass is 9.73. The largest absolute Gasteiger partial charge is 0.343 e. The Hall–Kier alpha value is -2.62.